The lowest BCUT2D eigenvalue weighted by Crippen LogP contribution is -2.47. The molecule has 0 saturated carbocycles. The molecule has 0 aliphatic carbocycles. The number of hydrogen-bond acceptors (Lipinski definition) is 6. The largest absolute Gasteiger partial charge is 0.394 e. The van der Waals surface area contributed by atoms with E-state index in [9.17, 15) is 9.90 Å². The van der Waals surface area contributed by atoms with Gasteiger partial charge in [-0.05, 0) is 12.8 Å². The van der Waals surface area contributed by atoms with Gasteiger partial charge in [0, 0.05) is 20.3 Å². The van der Waals surface area contributed by atoms with Crippen LogP contribution in [-0.4, -0.2) is 54.0 Å². The van der Waals surface area contributed by atoms with E-state index in [-0.39, 0.29) is 17.2 Å². The predicted molar refractivity (Wildman–Crippen MR) is 78.9 cm³/mol. The SMILES string of the molecule is COCCn1ncc(NC2(CO)CCOCC2)c(Cl)c1=O. The van der Waals surface area contributed by atoms with Gasteiger partial charge in [-0.15, -0.1) is 0 Å². The van der Waals surface area contributed by atoms with Crippen LogP contribution in [0.3, 0.4) is 0 Å². The van der Waals surface area contributed by atoms with Crippen LogP contribution >= 0.6 is 11.6 Å². The molecule has 1 aromatic rings. The number of aliphatic hydroxyl groups is 1. The molecule has 0 radical (unpaired) electrons. The number of anilines is 1. The number of methoxy groups -OCH3 is 1. The average Bonchev–Trinajstić information content (AvgIpc) is 2.52. The predicted octanol–water partition coefficient (Wildman–Crippen LogP) is 0.496. The summed E-state index contributed by atoms with van der Waals surface area (Å²) < 4.78 is 11.5. The van der Waals surface area contributed by atoms with Gasteiger partial charge in [0.15, 0.2) is 0 Å². The first kappa shape index (κ1) is 16.2. The normalized spacial score (nSPS) is 17.7. The Morgan fingerprint density at radius 2 is 2.29 bits per heavy atom. The van der Waals surface area contributed by atoms with Crippen molar-refractivity contribution in [3.05, 3.63) is 21.6 Å². The highest BCUT2D eigenvalue weighted by atomic mass is 35.5. The Kier molecular flexibility index (Phi) is 5.58. The minimum atomic E-state index is -0.519. The van der Waals surface area contributed by atoms with E-state index in [1.807, 2.05) is 0 Å². The second kappa shape index (κ2) is 7.22. The van der Waals surface area contributed by atoms with Gasteiger partial charge in [0.1, 0.15) is 5.02 Å². The minimum Gasteiger partial charge on any atom is -0.394 e. The van der Waals surface area contributed by atoms with Gasteiger partial charge in [-0.2, -0.15) is 5.10 Å². The third-order valence-electron chi connectivity index (χ3n) is 3.64. The maximum absolute atomic E-state index is 12.1. The Morgan fingerprint density at radius 3 is 2.90 bits per heavy atom. The highest BCUT2D eigenvalue weighted by molar-refractivity contribution is 6.32. The highest BCUT2D eigenvalue weighted by Crippen LogP contribution is 2.27. The topological polar surface area (TPSA) is 85.6 Å². The number of rotatable bonds is 6. The summed E-state index contributed by atoms with van der Waals surface area (Å²) in [6.45, 7) is 1.79. The van der Waals surface area contributed by atoms with Gasteiger partial charge in [-0.1, -0.05) is 11.6 Å². The second-order valence-corrected chi connectivity index (χ2v) is 5.45. The number of ether oxygens (including phenoxy) is 2. The number of aliphatic hydroxyl groups excluding tert-OH is 1. The number of hydrogen-bond donors (Lipinski definition) is 2. The van der Waals surface area contributed by atoms with Crippen LogP contribution in [0, 0.1) is 0 Å². The van der Waals surface area contributed by atoms with E-state index in [0.717, 1.165) is 0 Å². The summed E-state index contributed by atoms with van der Waals surface area (Å²) in [5.41, 5.74) is -0.459. The third kappa shape index (κ3) is 3.74. The molecule has 1 aromatic heterocycles. The average molecular weight is 318 g/mol. The van der Waals surface area contributed by atoms with Crippen molar-refractivity contribution < 1.29 is 14.6 Å². The molecule has 0 unspecified atom stereocenters. The van der Waals surface area contributed by atoms with E-state index in [0.29, 0.717) is 44.9 Å². The molecule has 1 fully saturated rings. The monoisotopic (exact) mass is 317 g/mol. The van der Waals surface area contributed by atoms with Crippen molar-refractivity contribution >= 4 is 17.3 Å². The Balaban J connectivity index is 2.20. The van der Waals surface area contributed by atoms with E-state index in [4.69, 9.17) is 21.1 Å². The van der Waals surface area contributed by atoms with Crippen LogP contribution < -0.4 is 10.9 Å². The molecule has 0 atom stereocenters. The van der Waals surface area contributed by atoms with Gasteiger partial charge >= 0.3 is 0 Å². The minimum absolute atomic E-state index is 0.0561. The van der Waals surface area contributed by atoms with Gasteiger partial charge in [0.25, 0.3) is 5.56 Å². The van der Waals surface area contributed by atoms with Crippen LogP contribution in [0.15, 0.2) is 11.0 Å². The van der Waals surface area contributed by atoms with E-state index >= 15 is 0 Å². The lowest BCUT2D eigenvalue weighted by atomic mass is 9.91. The molecule has 1 aliphatic heterocycles. The van der Waals surface area contributed by atoms with Gasteiger partial charge in [-0.3, -0.25) is 4.79 Å². The van der Waals surface area contributed by atoms with E-state index in [1.165, 1.54) is 10.9 Å². The fourth-order valence-electron chi connectivity index (χ4n) is 2.26. The van der Waals surface area contributed by atoms with Crippen LogP contribution in [0.1, 0.15) is 12.8 Å². The quantitative estimate of drug-likeness (QED) is 0.794. The molecule has 1 saturated heterocycles. The fourth-order valence-corrected chi connectivity index (χ4v) is 2.45. The smallest absolute Gasteiger partial charge is 0.287 e. The van der Waals surface area contributed by atoms with Crippen molar-refractivity contribution in [3.8, 4) is 0 Å². The summed E-state index contributed by atoms with van der Waals surface area (Å²) in [6.07, 6.45) is 2.80. The van der Waals surface area contributed by atoms with Crippen molar-refractivity contribution in [3.63, 3.8) is 0 Å². The Hall–Kier alpha value is -1.15. The van der Waals surface area contributed by atoms with Gasteiger partial charge in [0.05, 0.1) is 37.2 Å². The summed E-state index contributed by atoms with van der Waals surface area (Å²) in [5, 5.41) is 17.0. The van der Waals surface area contributed by atoms with Crippen molar-refractivity contribution in [2.45, 2.75) is 24.9 Å². The van der Waals surface area contributed by atoms with Crippen LogP contribution in [-0.2, 0) is 16.0 Å². The molecule has 8 heteroatoms. The molecule has 2 rings (SSSR count). The fraction of sp³-hybridized carbons (Fsp3) is 0.692. The Morgan fingerprint density at radius 1 is 1.57 bits per heavy atom. The lowest BCUT2D eigenvalue weighted by molar-refractivity contribution is 0.0380. The zero-order chi connectivity index (χ0) is 15.3. The van der Waals surface area contributed by atoms with Crippen molar-refractivity contribution in [2.75, 3.05) is 38.9 Å². The number of nitrogens with zero attached hydrogens (tertiary/aromatic N) is 2. The summed E-state index contributed by atoms with van der Waals surface area (Å²) in [5.74, 6) is 0. The standard InChI is InChI=1S/C13H20ClN3O4/c1-20-7-4-17-12(19)11(14)10(8-15-17)16-13(9-18)2-5-21-6-3-13/h8,16,18H,2-7,9H2,1H3. The molecule has 7 nitrogen and oxygen atoms in total. The summed E-state index contributed by atoms with van der Waals surface area (Å²) in [4.78, 5) is 12.1. The second-order valence-electron chi connectivity index (χ2n) is 5.07. The van der Waals surface area contributed by atoms with Crippen molar-refractivity contribution in [1.82, 2.24) is 9.78 Å². The molecule has 0 aromatic carbocycles. The van der Waals surface area contributed by atoms with Crippen LogP contribution in [0.25, 0.3) is 0 Å². The molecule has 118 valence electrons. The maximum Gasteiger partial charge on any atom is 0.287 e. The van der Waals surface area contributed by atoms with E-state index in [2.05, 4.69) is 10.4 Å². The number of aromatic nitrogens is 2. The Bertz CT molecular complexity index is 529. The first-order valence-electron chi connectivity index (χ1n) is 6.83. The molecule has 21 heavy (non-hydrogen) atoms. The van der Waals surface area contributed by atoms with Crippen molar-refractivity contribution in [2.24, 2.45) is 0 Å². The van der Waals surface area contributed by atoms with Crippen LogP contribution in [0.4, 0.5) is 5.69 Å². The first-order chi connectivity index (χ1) is 10.1. The number of nitrogens with one attached hydrogen (secondary N) is 1. The third-order valence-corrected chi connectivity index (χ3v) is 4.01. The van der Waals surface area contributed by atoms with E-state index < -0.39 is 5.54 Å². The summed E-state index contributed by atoms with van der Waals surface area (Å²) in [7, 11) is 1.55. The maximum atomic E-state index is 12.1. The molecular formula is C13H20ClN3O4. The molecule has 2 N–H and O–H groups in total. The molecule has 0 spiro atoms. The molecule has 2 heterocycles. The zero-order valence-corrected chi connectivity index (χ0v) is 12.7. The van der Waals surface area contributed by atoms with Gasteiger partial charge in [0.2, 0.25) is 0 Å². The summed E-state index contributed by atoms with van der Waals surface area (Å²) >= 11 is 6.13. The Labute approximate surface area is 127 Å². The first-order valence-corrected chi connectivity index (χ1v) is 7.21. The number of halogens is 1. The zero-order valence-electron chi connectivity index (χ0n) is 12.0. The molecule has 0 amide bonds. The van der Waals surface area contributed by atoms with Crippen LogP contribution in [0.5, 0.6) is 0 Å². The molecule has 0 bridgehead atoms. The van der Waals surface area contributed by atoms with Gasteiger partial charge < -0.3 is 19.9 Å². The van der Waals surface area contributed by atoms with Crippen molar-refractivity contribution in [1.29, 1.82) is 0 Å². The van der Waals surface area contributed by atoms with Crippen LogP contribution in [0.2, 0.25) is 5.02 Å². The summed E-state index contributed by atoms with van der Waals surface area (Å²) in [6, 6.07) is 0. The molecule has 1 aliphatic rings. The van der Waals surface area contributed by atoms with E-state index in [1.54, 1.807) is 7.11 Å². The van der Waals surface area contributed by atoms with Gasteiger partial charge in [-0.25, -0.2) is 4.68 Å². The molecular weight excluding hydrogens is 298 g/mol. The highest BCUT2D eigenvalue weighted by Gasteiger charge is 2.32. The lowest BCUT2D eigenvalue weighted by Gasteiger charge is -2.37.